The maximum Gasteiger partial charge on any atom is 0.269 e. The van der Waals surface area contributed by atoms with E-state index in [1.807, 2.05) is 24.3 Å². The van der Waals surface area contributed by atoms with Crippen LogP contribution in [0.3, 0.4) is 0 Å². The molecular formula is C26H24N4O7S. The van der Waals surface area contributed by atoms with E-state index < -0.39 is 14.9 Å². The predicted molar refractivity (Wildman–Crippen MR) is 139 cm³/mol. The second-order valence-corrected chi connectivity index (χ2v) is 10.8. The Morgan fingerprint density at radius 2 is 1.76 bits per heavy atom. The summed E-state index contributed by atoms with van der Waals surface area (Å²) in [6.45, 7) is 0.341. The topological polar surface area (TPSA) is 145 Å². The van der Waals surface area contributed by atoms with Crippen LogP contribution in [0, 0.1) is 16.0 Å². The van der Waals surface area contributed by atoms with Gasteiger partial charge in [0.05, 0.1) is 16.9 Å². The number of hydrogen-bond acceptors (Lipinski definition) is 8. The van der Waals surface area contributed by atoms with Gasteiger partial charge in [0.15, 0.2) is 5.58 Å². The molecule has 1 N–H and O–H groups in total. The molecule has 12 heteroatoms. The summed E-state index contributed by atoms with van der Waals surface area (Å²) in [5.74, 6) is 0.614. The Balaban J connectivity index is 1.22. The normalized spacial score (nSPS) is 14.9. The summed E-state index contributed by atoms with van der Waals surface area (Å²) in [6, 6.07) is 17.3. The summed E-state index contributed by atoms with van der Waals surface area (Å²) in [6.07, 6.45) is 0.703. The second-order valence-electron chi connectivity index (χ2n) is 8.85. The number of methoxy groups -OCH3 is 1. The highest BCUT2D eigenvalue weighted by Crippen LogP contribution is 2.29. The monoisotopic (exact) mass is 536 g/mol. The Bertz CT molecular complexity index is 1590. The molecule has 11 nitrogen and oxygen atoms in total. The number of carbonyl (C=O) groups excluding carboxylic acids is 1. The van der Waals surface area contributed by atoms with Crippen LogP contribution in [0.1, 0.15) is 12.8 Å². The third-order valence-corrected chi connectivity index (χ3v) is 8.42. The molecular weight excluding hydrogens is 512 g/mol. The summed E-state index contributed by atoms with van der Waals surface area (Å²) in [7, 11) is -2.21. The summed E-state index contributed by atoms with van der Waals surface area (Å²) in [5.41, 5.74) is 2.35. The number of fused-ring (bicyclic) bond motifs is 1. The quantitative estimate of drug-likeness (QED) is 0.269. The minimum absolute atomic E-state index is 0.0135. The van der Waals surface area contributed by atoms with Crippen molar-refractivity contribution in [3.05, 3.63) is 76.8 Å². The van der Waals surface area contributed by atoms with Gasteiger partial charge in [0.1, 0.15) is 11.3 Å². The van der Waals surface area contributed by atoms with Crippen LogP contribution in [0.2, 0.25) is 0 Å². The first-order valence-corrected chi connectivity index (χ1v) is 13.3. The van der Waals surface area contributed by atoms with Crippen LogP contribution in [0.4, 0.5) is 11.4 Å². The highest BCUT2D eigenvalue weighted by Gasteiger charge is 2.32. The molecule has 0 bridgehead atoms. The van der Waals surface area contributed by atoms with Crippen molar-refractivity contribution < 1.29 is 27.3 Å². The Morgan fingerprint density at radius 3 is 2.39 bits per heavy atom. The largest absolute Gasteiger partial charge is 0.497 e. The first-order chi connectivity index (χ1) is 18.2. The van der Waals surface area contributed by atoms with Gasteiger partial charge in [-0.1, -0.05) is 0 Å². The number of ether oxygens (including phenoxy) is 1. The number of nitrogens with zero attached hydrogens (tertiary/aromatic N) is 3. The molecule has 5 rings (SSSR count). The fourth-order valence-electron chi connectivity index (χ4n) is 4.35. The third kappa shape index (κ3) is 5.08. The number of nitrogens with one attached hydrogen (secondary N) is 1. The van der Waals surface area contributed by atoms with Gasteiger partial charge in [-0.2, -0.15) is 4.31 Å². The molecule has 0 saturated carbocycles. The van der Waals surface area contributed by atoms with Crippen LogP contribution >= 0.6 is 0 Å². The fourth-order valence-corrected chi connectivity index (χ4v) is 5.82. The van der Waals surface area contributed by atoms with E-state index in [4.69, 9.17) is 9.15 Å². The van der Waals surface area contributed by atoms with Crippen molar-refractivity contribution in [3.8, 4) is 17.2 Å². The molecule has 1 aromatic heterocycles. The molecule has 1 fully saturated rings. The van der Waals surface area contributed by atoms with Crippen molar-refractivity contribution in [2.75, 3.05) is 25.5 Å². The number of nitro benzene ring substituents is 1. The van der Waals surface area contributed by atoms with Crippen LogP contribution in [0.15, 0.2) is 76.0 Å². The highest BCUT2D eigenvalue weighted by atomic mass is 32.2. The van der Waals surface area contributed by atoms with Crippen LogP contribution in [0.5, 0.6) is 5.75 Å². The lowest BCUT2D eigenvalue weighted by atomic mass is 9.97. The zero-order valence-electron chi connectivity index (χ0n) is 20.4. The van der Waals surface area contributed by atoms with Crippen LogP contribution in [-0.2, 0) is 14.8 Å². The van der Waals surface area contributed by atoms with Crippen molar-refractivity contribution in [2.24, 2.45) is 5.92 Å². The number of anilines is 1. The van der Waals surface area contributed by atoms with Gasteiger partial charge in [-0.05, 0) is 61.4 Å². The second kappa shape index (κ2) is 10.2. The van der Waals surface area contributed by atoms with Crippen molar-refractivity contribution in [2.45, 2.75) is 17.7 Å². The molecule has 1 saturated heterocycles. The van der Waals surface area contributed by atoms with Gasteiger partial charge in [-0.15, -0.1) is 0 Å². The van der Waals surface area contributed by atoms with E-state index in [-0.39, 0.29) is 35.5 Å². The molecule has 1 amide bonds. The van der Waals surface area contributed by atoms with Crippen LogP contribution < -0.4 is 10.1 Å². The molecule has 2 heterocycles. The summed E-state index contributed by atoms with van der Waals surface area (Å²) >= 11 is 0. The maximum absolute atomic E-state index is 12.9. The lowest BCUT2D eigenvalue weighted by molar-refractivity contribution is -0.384. The minimum Gasteiger partial charge on any atom is -0.497 e. The van der Waals surface area contributed by atoms with Gasteiger partial charge in [0, 0.05) is 48.5 Å². The summed E-state index contributed by atoms with van der Waals surface area (Å²) in [4.78, 5) is 27.7. The number of carbonyl (C=O) groups is 1. The molecule has 3 aromatic carbocycles. The Kier molecular flexibility index (Phi) is 6.83. The zero-order chi connectivity index (χ0) is 26.9. The van der Waals surface area contributed by atoms with Crippen molar-refractivity contribution >= 4 is 38.4 Å². The van der Waals surface area contributed by atoms with Crippen molar-refractivity contribution in [1.82, 2.24) is 9.29 Å². The summed E-state index contributed by atoms with van der Waals surface area (Å²) < 4.78 is 38.2. The smallest absolute Gasteiger partial charge is 0.269 e. The Morgan fingerprint density at radius 1 is 1.08 bits per heavy atom. The van der Waals surface area contributed by atoms with Gasteiger partial charge in [-0.3, -0.25) is 14.9 Å². The Hall–Kier alpha value is -4.29. The maximum atomic E-state index is 12.9. The van der Waals surface area contributed by atoms with Gasteiger partial charge in [-0.25, -0.2) is 13.4 Å². The van der Waals surface area contributed by atoms with E-state index in [2.05, 4.69) is 10.3 Å². The van der Waals surface area contributed by atoms with E-state index in [1.165, 1.54) is 28.6 Å². The molecule has 0 spiro atoms. The molecule has 0 radical (unpaired) electrons. The van der Waals surface area contributed by atoms with Crippen LogP contribution in [-0.4, -0.2) is 48.7 Å². The van der Waals surface area contributed by atoms with E-state index in [1.54, 1.807) is 25.3 Å². The molecule has 38 heavy (non-hydrogen) atoms. The molecule has 0 aliphatic carbocycles. The van der Waals surface area contributed by atoms with Gasteiger partial charge >= 0.3 is 0 Å². The average Bonchev–Trinajstić information content (AvgIpc) is 3.36. The molecule has 1 aliphatic heterocycles. The average molecular weight is 537 g/mol. The first kappa shape index (κ1) is 25.4. The number of benzene rings is 3. The third-order valence-electron chi connectivity index (χ3n) is 6.50. The minimum atomic E-state index is -3.81. The number of sulfonamides is 1. The number of amides is 1. The molecule has 0 atom stereocenters. The first-order valence-electron chi connectivity index (χ1n) is 11.8. The van der Waals surface area contributed by atoms with Crippen molar-refractivity contribution in [1.29, 1.82) is 0 Å². The van der Waals surface area contributed by atoms with Gasteiger partial charge in [0.2, 0.25) is 21.8 Å². The fraction of sp³-hybridized carbons (Fsp3) is 0.231. The van der Waals surface area contributed by atoms with E-state index >= 15 is 0 Å². The number of oxazole rings is 1. The highest BCUT2D eigenvalue weighted by molar-refractivity contribution is 7.89. The van der Waals surface area contributed by atoms with E-state index in [0.717, 1.165) is 11.3 Å². The summed E-state index contributed by atoms with van der Waals surface area (Å²) in [5, 5.41) is 13.7. The number of non-ortho nitro benzene ring substituents is 1. The molecule has 1 aliphatic rings. The number of hydrogen-bond donors (Lipinski definition) is 1. The van der Waals surface area contributed by atoms with E-state index in [0.29, 0.717) is 35.5 Å². The standard InChI is InChI=1S/C26H24N4O7S/c1-36-21-7-2-18(3-8-21)26-28-23-11-4-19(16-24(23)37-26)27-25(31)17-12-14-29(15-13-17)38(34,35)22-9-5-20(6-10-22)30(32)33/h2-11,16-17H,12-15H2,1H3,(H,27,31). The van der Waals surface area contributed by atoms with E-state index in [9.17, 15) is 23.3 Å². The van der Waals surface area contributed by atoms with Gasteiger partial charge < -0.3 is 14.5 Å². The molecule has 0 unspecified atom stereocenters. The number of nitro groups is 1. The van der Waals surface area contributed by atoms with Crippen LogP contribution in [0.25, 0.3) is 22.6 Å². The number of aromatic nitrogens is 1. The lowest BCUT2D eigenvalue weighted by Crippen LogP contribution is -2.41. The number of rotatable bonds is 7. The molecule has 196 valence electrons. The molecule has 4 aromatic rings. The lowest BCUT2D eigenvalue weighted by Gasteiger charge is -2.30. The van der Waals surface area contributed by atoms with Crippen molar-refractivity contribution in [3.63, 3.8) is 0 Å². The van der Waals surface area contributed by atoms with Gasteiger partial charge in [0.25, 0.3) is 5.69 Å². The number of piperidine rings is 1. The zero-order valence-corrected chi connectivity index (χ0v) is 21.2. The Labute approximate surface area is 218 Å². The SMILES string of the molecule is COc1ccc(-c2nc3ccc(NC(=O)C4CCN(S(=O)(=O)c5ccc([N+](=O)[O-])cc5)CC4)cc3o2)cc1. The predicted octanol–water partition coefficient (Wildman–Crippen LogP) is 4.45.